The molecule has 2 heterocycles. The van der Waals surface area contributed by atoms with Gasteiger partial charge in [-0.05, 0) is 41.8 Å². The number of fused-ring (bicyclic) bond motifs is 1. The van der Waals surface area contributed by atoms with Gasteiger partial charge in [-0.15, -0.1) is 0 Å². The molecule has 0 radical (unpaired) electrons. The molecule has 4 rings (SSSR count). The molecule has 0 aliphatic carbocycles. The average molecular weight is 319 g/mol. The van der Waals surface area contributed by atoms with Crippen molar-refractivity contribution in [3.8, 4) is 5.75 Å². The molecule has 0 atom stereocenters. The van der Waals surface area contributed by atoms with Crippen molar-refractivity contribution in [3.63, 3.8) is 0 Å². The van der Waals surface area contributed by atoms with Gasteiger partial charge in [0.2, 0.25) is 0 Å². The molecule has 0 bridgehead atoms. The summed E-state index contributed by atoms with van der Waals surface area (Å²) in [6, 6.07) is 16.5. The van der Waals surface area contributed by atoms with E-state index >= 15 is 0 Å². The second-order valence-corrected chi connectivity index (χ2v) is 6.17. The lowest BCUT2D eigenvalue weighted by atomic mass is 10.1. The largest absolute Gasteiger partial charge is 0.497 e. The highest BCUT2D eigenvalue weighted by atomic mass is 16.5. The molecule has 24 heavy (non-hydrogen) atoms. The molecule has 0 amide bonds. The predicted octanol–water partition coefficient (Wildman–Crippen LogP) is 3.86. The number of para-hydroxylation sites is 2. The van der Waals surface area contributed by atoms with Gasteiger partial charge in [-0.1, -0.05) is 30.3 Å². The summed E-state index contributed by atoms with van der Waals surface area (Å²) in [5, 5.41) is 0. The van der Waals surface area contributed by atoms with Gasteiger partial charge in [-0.2, -0.15) is 0 Å². The predicted molar refractivity (Wildman–Crippen MR) is 97.0 cm³/mol. The summed E-state index contributed by atoms with van der Waals surface area (Å²) in [4.78, 5) is 10.6. The summed E-state index contributed by atoms with van der Waals surface area (Å²) in [6.45, 7) is 2.97. The molecule has 1 N–H and O–H groups in total. The van der Waals surface area contributed by atoms with Crippen LogP contribution < -0.4 is 4.74 Å². The van der Waals surface area contributed by atoms with Crippen molar-refractivity contribution in [2.45, 2.75) is 13.0 Å². The van der Waals surface area contributed by atoms with Gasteiger partial charge in [-0.3, -0.25) is 4.90 Å². The fraction of sp³-hybridized carbons (Fsp3) is 0.250. The summed E-state index contributed by atoms with van der Waals surface area (Å²) in [6.07, 6.45) is 3.32. The van der Waals surface area contributed by atoms with E-state index < -0.39 is 0 Å². The molecule has 2 aromatic carbocycles. The lowest BCUT2D eigenvalue weighted by molar-refractivity contribution is 0.293. The lowest BCUT2D eigenvalue weighted by Gasteiger charge is -2.25. The van der Waals surface area contributed by atoms with Gasteiger partial charge in [0.15, 0.2) is 0 Å². The van der Waals surface area contributed by atoms with E-state index in [1.54, 1.807) is 7.11 Å². The van der Waals surface area contributed by atoms with E-state index in [2.05, 4.69) is 40.2 Å². The van der Waals surface area contributed by atoms with E-state index in [1.807, 2.05) is 24.3 Å². The van der Waals surface area contributed by atoms with Crippen molar-refractivity contribution in [1.29, 1.82) is 0 Å². The average Bonchev–Trinajstić information content (AvgIpc) is 3.07. The van der Waals surface area contributed by atoms with Crippen molar-refractivity contribution in [2.75, 3.05) is 20.2 Å². The molecule has 0 unspecified atom stereocenters. The van der Waals surface area contributed by atoms with Crippen LogP contribution in [-0.2, 0) is 6.54 Å². The van der Waals surface area contributed by atoms with Crippen molar-refractivity contribution >= 4 is 16.6 Å². The number of nitrogens with one attached hydrogen (secondary N) is 1. The van der Waals surface area contributed by atoms with Crippen LogP contribution in [-0.4, -0.2) is 35.1 Å². The fourth-order valence-corrected chi connectivity index (χ4v) is 3.16. The maximum atomic E-state index is 5.21. The number of benzene rings is 2. The number of ether oxygens (including phenoxy) is 1. The van der Waals surface area contributed by atoms with Gasteiger partial charge >= 0.3 is 0 Å². The molecular formula is C20H21N3O. The second-order valence-electron chi connectivity index (χ2n) is 6.17. The molecule has 0 fully saturated rings. The Labute approximate surface area is 141 Å². The van der Waals surface area contributed by atoms with Crippen molar-refractivity contribution in [2.24, 2.45) is 0 Å². The van der Waals surface area contributed by atoms with E-state index in [4.69, 9.17) is 9.72 Å². The number of hydrogen-bond donors (Lipinski definition) is 1. The molecule has 1 aliphatic heterocycles. The Hall–Kier alpha value is -2.59. The minimum Gasteiger partial charge on any atom is -0.497 e. The van der Waals surface area contributed by atoms with Crippen LogP contribution in [0.25, 0.3) is 16.6 Å². The number of methoxy groups -OCH3 is 1. The van der Waals surface area contributed by atoms with Gasteiger partial charge in [0.1, 0.15) is 11.6 Å². The standard InChI is InChI=1S/C20H21N3O/c1-24-17-8-6-15(7-9-17)14-23-12-10-16(11-13-23)20-21-18-4-2-3-5-19(18)22-20/h2-10H,11-14H2,1H3,(H,21,22). The summed E-state index contributed by atoms with van der Waals surface area (Å²) in [7, 11) is 1.70. The van der Waals surface area contributed by atoms with Crippen LogP contribution >= 0.6 is 0 Å². The molecular weight excluding hydrogens is 298 g/mol. The Bertz CT molecular complexity index is 831. The summed E-state index contributed by atoms with van der Waals surface area (Å²) in [5.74, 6) is 1.92. The lowest BCUT2D eigenvalue weighted by Crippen LogP contribution is -2.28. The Kier molecular flexibility index (Phi) is 4.05. The Balaban J connectivity index is 1.44. The van der Waals surface area contributed by atoms with Crippen LogP contribution in [0.3, 0.4) is 0 Å². The number of H-pyrrole nitrogens is 1. The van der Waals surface area contributed by atoms with Crippen LogP contribution in [0.1, 0.15) is 17.8 Å². The second kappa shape index (κ2) is 6.49. The van der Waals surface area contributed by atoms with E-state index in [0.717, 1.165) is 48.7 Å². The van der Waals surface area contributed by atoms with Gasteiger partial charge in [0.05, 0.1) is 18.1 Å². The Morgan fingerprint density at radius 1 is 1.12 bits per heavy atom. The normalized spacial score (nSPS) is 15.5. The number of hydrogen-bond acceptors (Lipinski definition) is 3. The third-order valence-electron chi connectivity index (χ3n) is 4.55. The first-order valence-electron chi connectivity index (χ1n) is 8.31. The molecule has 4 heteroatoms. The molecule has 4 nitrogen and oxygen atoms in total. The SMILES string of the molecule is COc1ccc(CN2CC=C(c3nc4ccccc4[nH]3)CC2)cc1. The third-order valence-corrected chi connectivity index (χ3v) is 4.55. The number of imidazole rings is 1. The van der Waals surface area contributed by atoms with Crippen molar-refractivity contribution < 1.29 is 4.74 Å². The highest BCUT2D eigenvalue weighted by molar-refractivity contribution is 5.78. The zero-order valence-electron chi connectivity index (χ0n) is 13.8. The van der Waals surface area contributed by atoms with Crippen LogP contribution in [0, 0.1) is 0 Å². The molecule has 0 saturated heterocycles. The zero-order valence-corrected chi connectivity index (χ0v) is 13.8. The molecule has 122 valence electrons. The highest BCUT2D eigenvalue weighted by Gasteiger charge is 2.15. The molecule has 0 spiro atoms. The first-order valence-corrected chi connectivity index (χ1v) is 8.31. The number of nitrogens with zero attached hydrogens (tertiary/aromatic N) is 2. The van der Waals surface area contributed by atoms with Gasteiger partial charge < -0.3 is 9.72 Å². The Morgan fingerprint density at radius 2 is 1.96 bits per heavy atom. The van der Waals surface area contributed by atoms with Gasteiger partial charge in [0.25, 0.3) is 0 Å². The highest BCUT2D eigenvalue weighted by Crippen LogP contribution is 2.23. The van der Waals surface area contributed by atoms with Gasteiger partial charge in [0, 0.05) is 19.6 Å². The summed E-state index contributed by atoms with van der Waals surface area (Å²) < 4.78 is 5.21. The van der Waals surface area contributed by atoms with Crippen molar-refractivity contribution in [1.82, 2.24) is 14.9 Å². The topological polar surface area (TPSA) is 41.1 Å². The van der Waals surface area contributed by atoms with E-state index in [-0.39, 0.29) is 0 Å². The minimum absolute atomic E-state index is 0.907. The first kappa shape index (κ1) is 15.0. The molecule has 3 aromatic rings. The minimum atomic E-state index is 0.907. The summed E-state index contributed by atoms with van der Waals surface area (Å²) in [5.41, 5.74) is 4.77. The maximum absolute atomic E-state index is 5.21. The van der Waals surface area contributed by atoms with E-state index in [0.29, 0.717) is 0 Å². The molecule has 0 saturated carbocycles. The van der Waals surface area contributed by atoms with Crippen LogP contribution in [0.2, 0.25) is 0 Å². The maximum Gasteiger partial charge on any atom is 0.134 e. The van der Waals surface area contributed by atoms with Crippen LogP contribution in [0.15, 0.2) is 54.6 Å². The molecule has 1 aromatic heterocycles. The van der Waals surface area contributed by atoms with Crippen LogP contribution in [0.4, 0.5) is 0 Å². The van der Waals surface area contributed by atoms with Crippen LogP contribution in [0.5, 0.6) is 5.75 Å². The van der Waals surface area contributed by atoms with Crippen molar-refractivity contribution in [3.05, 3.63) is 66.0 Å². The molecule has 1 aliphatic rings. The zero-order chi connectivity index (χ0) is 16.4. The Morgan fingerprint density at radius 3 is 2.67 bits per heavy atom. The number of aromatic nitrogens is 2. The number of aromatic amines is 1. The monoisotopic (exact) mass is 319 g/mol. The first-order chi connectivity index (χ1) is 11.8. The smallest absolute Gasteiger partial charge is 0.134 e. The van der Waals surface area contributed by atoms with E-state index in [9.17, 15) is 0 Å². The summed E-state index contributed by atoms with van der Waals surface area (Å²) >= 11 is 0. The fourth-order valence-electron chi connectivity index (χ4n) is 3.16. The third kappa shape index (κ3) is 3.05. The van der Waals surface area contributed by atoms with Gasteiger partial charge in [-0.25, -0.2) is 4.98 Å². The number of rotatable bonds is 4. The van der Waals surface area contributed by atoms with E-state index in [1.165, 1.54) is 11.1 Å². The quantitative estimate of drug-likeness (QED) is 0.794.